The summed E-state index contributed by atoms with van der Waals surface area (Å²) >= 11 is 5.96. The van der Waals surface area contributed by atoms with E-state index in [9.17, 15) is 9.59 Å². The number of pyridine rings is 1. The molecule has 1 aromatic carbocycles. The summed E-state index contributed by atoms with van der Waals surface area (Å²) in [5, 5.41) is 7.89. The Morgan fingerprint density at radius 2 is 2.11 bits per heavy atom. The molecule has 1 aliphatic heterocycles. The lowest BCUT2D eigenvalue weighted by Gasteiger charge is -2.28. The Bertz CT molecular complexity index is 1070. The van der Waals surface area contributed by atoms with E-state index >= 15 is 0 Å². The molecule has 0 spiro atoms. The van der Waals surface area contributed by atoms with Gasteiger partial charge in [-0.1, -0.05) is 23.7 Å². The molecule has 1 aliphatic rings. The van der Waals surface area contributed by atoms with Gasteiger partial charge in [-0.2, -0.15) is 5.10 Å². The third kappa shape index (κ3) is 4.04. The first-order valence-corrected chi connectivity index (χ1v) is 9.26. The second-order valence-corrected chi connectivity index (χ2v) is 7.02. The zero-order valence-electron chi connectivity index (χ0n) is 15.0. The number of nitrogens with zero attached hydrogens (tertiary/aromatic N) is 4. The zero-order valence-corrected chi connectivity index (χ0v) is 15.8. The number of fused-ring (bicyclic) bond motifs is 1. The van der Waals surface area contributed by atoms with Gasteiger partial charge < -0.3 is 10.2 Å². The number of amides is 2. The van der Waals surface area contributed by atoms with Crippen molar-refractivity contribution < 1.29 is 4.79 Å². The van der Waals surface area contributed by atoms with E-state index < -0.39 is 0 Å². The number of hydrogen-bond acceptors (Lipinski definition) is 4. The van der Waals surface area contributed by atoms with Crippen LogP contribution in [0.15, 0.2) is 59.7 Å². The first kappa shape index (κ1) is 18.2. The topological polar surface area (TPSA) is 80.1 Å². The van der Waals surface area contributed by atoms with Crippen LogP contribution in [0.1, 0.15) is 16.8 Å². The van der Waals surface area contributed by atoms with E-state index in [1.165, 1.54) is 4.68 Å². The summed E-state index contributed by atoms with van der Waals surface area (Å²) in [6, 6.07) is 12.1. The monoisotopic (exact) mass is 395 g/mol. The van der Waals surface area contributed by atoms with Gasteiger partial charge in [-0.15, -0.1) is 0 Å². The minimum Gasteiger partial charge on any atom is -0.320 e. The number of urea groups is 1. The molecule has 7 nitrogen and oxygen atoms in total. The van der Waals surface area contributed by atoms with Gasteiger partial charge in [-0.3, -0.25) is 9.78 Å². The summed E-state index contributed by atoms with van der Waals surface area (Å²) in [6.45, 7) is 1.24. The van der Waals surface area contributed by atoms with E-state index in [2.05, 4.69) is 15.4 Å². The Labute approximate surface area is 166 Å². The van der Waals surface area contributed by atoms with Crippen molar-refractivity contribution >= 4 is 23.3 Å². The number of hydrogen-bond donors (Lipinski definition) is 1. The van der Waals surface area contributed by atoms with Crippen LogP contribution >= 0.6 is 11.6 Å². The van der Waals surface area contributed by atoms with Crippen molar-refractivity contribution in [1.82, 2.24) is 19.7 Å². The number of halogens is 1. The average Bonchev–Trinajstić information content (AvgIpc) is 2.69. The highest BCUT2D eigenvalue weighted by Gasteiger charge is 2.23. The number of carbonyl (C=O) groups is 1. The van der Waals surface area contributed by atoms with Crippen LogP contribution in [0, 0.1) is 0 Å². The number of anilines is 1. The SMILES string of the molecule is O=C(Nc1cccc(Cl)c1)N1CCc2nn(Cc3cccnc3)c(=O)cc2C1. The van der Waals surface area contributed by atoms with E-state index in [0.717, 1.165) is 16.8 Å². The van der Waals surface area contributed by atoms with E-state index in [4.69, 9.17) is 11.6 Å². The highest BCUT2D eigenvalue weighted by Crippen LogP contribution is 2.19. The van der Waals surface area contributed by atoms with Gasteiger partial charge in [0.2, 0.25) is 0 Å². The van der Waals surface area contributed by atoms with Crippen LogP contribution in [0.3, 0.4) is 0 Å². The molecule has 0 radical (unpaired) electrons. The molecule has 0 atom stereocenters. The molecule has 2 amide bonds. The molecule has 3 heterocycles. The standard InChI is InChI=1S/C20H18ClN5O2/c21-16-4-1-5-17(10-16)23-20(28)25-8-6-18-15(13-25)9-19(27)26(24-18)12-14-3-2-7-22-11-14/h1-5,7,9-11H,6,8,12-13H2,(H,23,28). The third-order valence-electron chi connectivity index (χ3n) is 4.56. The predicted octanol–water partition coefficient (Wildman–Crippen LogP) is 2.93. The first-order valence-electron chi connectivity index (χ1n) is 8.89. The Morgan fingerprint density at radius 1 is 1.21 bits per heavy atom. The lowest BCUT2D eigenvalue weighted by atomic mass is 10.1. The Kier molecular flexibility index (Phi) is 5.08. The molecule has 0 aliphatic carbocycles. The Hall–Kier alpha value is -3.19. The van der Waals surface area contributed by atoms with Crippen molar-refractivity contribution in [2.24, 2.45) is 0 Å². The molecule has 0 saturated heterocycles. The molecule has 8 heteroatoms. The third-order valence-corrected chi connectivity index (χ3v) is 4.80. The van der Waals surface area contributed by atoms with Crippen LogP contribution in [-0.4, -0.2) is 32.2 Å². The van der Waals surface area contributed by atoms with Gasteiger partial charge in [0.1, 0.15) is 0 Å². The summed E-state index contributed by atoms with van der Waals surface area (Å²) in [5.74, 6) is 0. The molecule has 0 saturated carbocycles. The lowest BCUT2D eigenvalue weighted by molar-refractivity contribution is 0.205. The molecule has 0 bridgehead atoms. The smallest absolute Gasteiger partial charge is 0.320 e. The molecule has 4 rings (SSSR count). The van der Waals surface area contributed by atoms with Crippen molar-refractivity contribution in [3.05, 3.63) is 87.1 Å². The van der Waals surface area contributed by atoms with Gasteiger partial charge in [-0.25, -0.2) is 9.48 Å². The van der Waals surface area contributed by atoms with E-state index in [0.29, 0.717) is 36.8 Å². The van der Waals surface area contributed by atoms with Crippen molar-refractivity contribution in [3.63, 3.8) is 0 Å². The van der Waals surface area contributed by atoms with Crippen molar-refractivity contribution in [2.45, 2.75) is 19.5 Å². The normalized spacial score (nSPS) is 13.1. The van der Waals surface area contributed by atoms with Crippen LogP contribution < -0.4 is 10.9 Å². The van der Waals surface area contributed by atoms with Gasteiger partial charge in [0.15, 0.2) is 0 Å². The molecular formula is C20H18ClN5O2. The molecule has 1 N–H and O–H groups in total. The second kappa shape index (κ2) is 7.82. The number of rotatable bonds is 3. The fourth-order valence-electron chi connectivity index (χ4n) is 3.16. The fourth-order valence-corrected chi connectivity index (χ4v) is 3.35. The maximum atomic E-state index is 12.5. The highest BCUT2D eigenvalue weighted by molar-refractivity contribution is 6.30. The number of aromatic nitrogens is 3. The minimum atomic E-state index is -0.229. The zero-order chi connectivity index (χ0) is 19.5. The summed E-state index contributed by atoms with van der Waals surface area (Å²) in [7, 11) is 0. The van der Waals surface area contributed by atoms with Gasteiger partial charge >= 0.3 is 6.03 Å². The quantitative estimate of drug-likeness (QED) is 0.739. The predicted molar refractivity (Wildman–Crippen MR) is 106 cm³/mol. The van der Waals surface area contributed by atoms with E-state index in [-0.39, 0.29) is 11.6 Å². The van der Waals surface area contributed by atoms with Gasteiger partial charge in [0.05, 0.1) is 12.2 Å². The molecule has 2 aromatic heterocycles. The van der Waals surface area contributed by atoms with E-state index in [1.807, 2.05) is 12.1 Å². The van der Waals surface area contributed by atoms with Crippen LogP contribution in [0.4, 0.5) is 10.5 Å². The molecule has 3 aromatic rings. The summed E-state index contributed by atoms with van der Waals surface area (Å²) < 4.78 is 1.44. The Balaban J connectivity index is 1.49. The van der Waals surface area contributed by atoms with Crippen molar-refractivity contribution in [3.8, 4) is 0 Å². The van der Waals surface area contributed by atoms with E-state index in [1.54, 1.807) is 47.6 Å². The van der Waals surface area contributed by atoms with Gasteiger partial charge in [-0.05, 0) is 29.8 Å². The van der Waals surface area contributed by atoms with Crippen LogP contribution in [0.25, 0.3) is 0 Å². The molecule has 0 unspecified atom stereocenters. The number of benzene rings is 1. The molecular weight excluding hydrogens is 378 g/mol. The highest BCUT2D eigenvalue weighted by atomic mass is 35.5. The maximum Gasteiger partial charge on any atom is 0.322 e. The number of carbonyl (C=O) groups excluding carboxylic acids is 1. The molecule has 28 heavy (non-hydrogen) atoms. The van der Waals surface area contributed by atoms with Crippen molar-refractivity contribution in [1.29, 1.82) is 0 Å². The first-order chi connectivity index (χ1) is 13.6. The molecule has 0 fully saturated rings. The average molecular weight is 396 g/mol. The Morgan fingerprint density at radius 3 is 2.89 bits per heavy atom. The summed E-state index contributed by atoms with van der Waals surface area (Å²) in [5.41, 5.74) is 2.97. The molecule has 142 valence electrons. The fraction of sp³-hybridized carbons (Fsp3) is 0.200. The van der Waals surface area contributed by atoms with Crippen LogP contribution in [0.5, 0.6) is 0 Å². The maximum absolute atomic E-state index is 12.5. The van der Waals surface area contributed by atoms with Crippen LogP contribution in [-0.2, 0) is 19.5 Å². The van der Waals surface area contributed by atoms with Gasteiger partial charge in [0.25, 0.3) is 5.56 Å². The van der Waals surface area contributed by atoms with Crippen LogP contribution in [0.2, 0.25) is 5.02 Å². The number of nitrogens with one attached hydrogen (secondary N) is 1. The largest absolute Gasteiger partial charge is 0.322 e. The summed E-state index contributed by atoms with van der Waals surface area (Å²) in [6.07, 6.45) is 4.00. The van der Waals surface area contributed by atoms with Gasteiger partial charge in [0, 0.05) is 54.2 Å². The minimum absolute atomic E-state index is 0.195. The van der Waals surface area contributed by atoms with Crippen molar-refractivity contribution in [2.75, 3.05) is 11.9 Å². The second-order valence-electron chi connectivity index (χ2n) is 6.59. The lowest BCUT2D eigenvalue weighted by Crippen LogP contribution is -2.40. The summed E-state index contributed by atoms with van der Waals surface area (Å²) in [4.78, 5) is 30.7.